The molecule has 0 fully saturated rings. The molecule has 0 spiro atoms. The second-order valence-electron chi connectivity index (χ2n) is 7.58. The maximum atomic E-state index is 5.94. The number of nitrogens with one attached hydrogen (secondary N) is 1. The number of aromatic nitrogens is 1. The Morgan fingerprint density at radius 3 is 2.62 bits per heavy atom. The predicted molar refractivity (Wildman–Crippen MR) is 106 cm³/mol. The monoisotopic (exact) mass is 344 g/mol. The van der Waals surface area contributed by atoms with E-state index in [0.717, 1.165) is 18.7 Å². The summed E-state index contributed by atoms with van der Waals surface area (Å²) in [6, 6.07) is 20.8. The highest BCUT2D eigenvalue weighted by molar-refractivity contribution is 5.58. The van der Waals surface area contributed by atoms with E-state index in [0.29, 0.717) is 6.61 Å². The molecule has 132 valence electrons. The molecule has 0 amide bonds. The first-order chi connectivity index (χ1) is 12.6. The van der Waals surface area contributed by atoms with Crippen molar-refractivity contribution < 1.29 is 4.74 Å². The van der Waals surface area contributed by atoms with E-state index >= 15 is 0 Å². The fourth-order valence-corrected chi connectivity index (χ4v) is 3.40. The zero-order chi connectivity index (χ0) is 18.0. The van der Waals surface area contributed by atoms with Crippen molar-refractivity contribution >= 4 is 5.69 Å². The van der Waals surface area contributed by atoms with Gasteiger partial charge in [-0.3, -0.25) is 4.98 Å². The number of nitrogens with zero attached hydrogens (tertiary/aromatic N) is 1. The van der Waals surface area contributed by atoms with Crippen LogP contribution >= 0.6 is 0 Å². The molecule has 0 bridgehead atoms. The standard InChI is InChI=1S/C23H24N2O/c1-23(2)16-25-21-13-19(14-24-22(21)23)11-18-9-6-10-20(12-18)26-15-17-7-4-3-5-8-17/h3-10,12-14,25H,11,15-16H2,1-2H3. The van der Waals surface area contributed by atoms with Crippen molar-refractivity contribution in [2.75, 3.05) is 11.9 Å². The van der Waals surface area contributed by atoms with Crippen LogP contribution in [0.5, 0.6) is 5.75 Å². The summed E-state index contributed by atoms with van der Waals surface area (Å²) < 4.78 is 5.94. The predicted octanol–water partition coefficient (Wildman–Crippen LogP) is 4.95. The van der Waals surface area contributed by atoms with Crippen molar-refractivity contribution in [3.63, 3.8) is 0 Å². The molecule has 1 aliphatic heterocycles. The SMILES string of the molecule is CC1(C)CNc2cc(Cc3cccc(OCc4ccccc4)c3)cnc21. The highest BCUT2D eigenvalue weighted by Crippen LogP contribution is 2.35. The minimum Gasteiger partial charge on any atom is -0.489 e. The van der Waals surface area contributed by atoms with Gasteiger partial charge in [-0.05, 0) is 41.3 Å². The van der Waals surface area contributed by atoms with E-state index in [4.69, 9.17) is 9.72 Å². The van der Waals surface area contributed by atoms with Gasteiger partial charge < -0.3 is 10.1 Å². The van der Waals surface area contributed by atoms with Crippen molar-refractivity contribution in [1.82, 2.24) is 4.98 Å². The lowest BCUT2D eigenvalue weighted by Gasteiger charge is -2.15. The topological polar surface area (TPSA) is 34.1 Å². The van der Waals surface area contributed by atoms with Gasteiger partial charge in [-0.15, -0.1) is 0 Å². The van der Waals surface area contributed by atoms with Gasteiger partial charge in [0.05, 0.1) is 11.4 Å². The Morgan fingerprint density at radius 2 is 1.77 bits per heavy atom. The number of ether oxygens (including phenoxy) is 1. The van der Waals surface area contributed by atoms with Crippen LogP contribution in [0, 0.1) is 0 Å². The number of anilines is 1. The van der Waals surface area contributed by atoms with Gasteiger partial charge in [-0.25, -0.2) is 0 Å². The molecule has 2 aromatic carbocycles. The molecule has 26 heavy (non-hydrogen) atoms. The summed E-state index contributed by atoms with van der Waals surface area (Å²) in [5, 5.41) is 3.48. The number of hydrogen-bond acceptors (Lipinski definition) is 3. The lowest BCUT2D eigenvalue weighted by atomic mass is 9.91. The number of hydrogen-bond donors (Lipinski definition) is 1. The van der Waals surface area contributed by atoms with E-state index in [1.165, 1.54) is 28.1 Å². The van der Waals surface area contributed by atoms with Crippen molar-refractivity contribution in [2.45, 2.75) is 32.3 Å². The Balaban J connectivity index is 1.46. The molecular weight excluding hydrogens is 320 g/mol. The summed E-state index contributed by atoms with van der Waals surface area (Å²) in [5.41, 5.74) is 6.07. The molecule has 3 aromatic rings. The summed E-state index contributed by atoms with van der Waals surface area (Å²) in [5.74, 6) is 0.903. The summed E-state index contributed by atoms with van der Waals surface area (Å²) in [6.45, 7) is 5.99. The fourth-order valence-electron chi connectivity index (χ4n) is 3.40. The number of pyridine rings is 1. The maximum Gasteiger partial charge on any atom is 0.120 e. The summed E-state index contributed by atoms with van der Waals surface area (Å²) in [7, 11) is 0. The Bertz CT molecular complexity index is 903. The van der Waals surface area contributed by atoms with Crippen LogP contribution in [-0.4, -0.2) is 11.5 Å². The van der Waals surface area contributed by atoms with Crippen LogP contribution in [0.25, 0.3) is 0 Å². The highest BCUT2D eigenvalue weighted by atomic mass is 16.5. The normalized spacial score (nSPS) is 14.5. The van der Waals surface area contributed by atoms with Crippen LogP contribution < -0.4 is 10.1 Å². The van der Waals surface area contributed by atoms with Gasteiger partial charge in [0.15, 0.2) is 0 Å². The second kappa shape index (κ2) is 6.83. The smallest absolute Gasteiger partial charge is 0.120 e. The summed E-state index contributed by atoms with van der Waals surface area (Å²) in [4.78, 5) is 4.71. The lowest BCUT2D eigenvalue weighted by molar-refractivity contribution is 0.306. The first-order valence-electron chi connectivity index (χ1n) is 9.09. The molecule has 0 saturated carbocycles. The van der Waals surface area contributed by atoms with Crippen LogP contribution in [0.1, 0.15) is 36.2 Å². The van der Waals surface area contributed by atoms with Crippen LogP contribution in [0.3, 0.4) is 0 Å². The van der Waals surface area contributed by atoms with E-state index in [1.54, 1.807) is 0 Å². The largest absolute Gasteiger partial charge is 0.489 e. The quantitative estimate of drug-likeness (QED) is 0.711. The maximum absolute atomic E-state index is 5.94. The van der Waals surface area contributed by atoms with E-state index in [2.05, 4.69) is 55.6 Å². The Labute approximate surface area is 155 Å². The van der Waals surface area contributed by atoms with E-state index in [-0.39, 0.29) is 5.41 Å². The number of fused-ring (bicyclic) bond motifs is 1. The van der Waals surface area contributed by atoms with E-state index in [9.17, 15) is 0 Å². The molecule has 0 saturated heterocycles. The zero-order valence-electron chi connectivity index (χ0n) is 15.3. The van der Waals surface area contributed by atoms with Crippen molar-refractivity contribution in [1.29, 1.82) is 0 Å². The summed E-state index contributed by atoms with van der Waals surface area (Å²) in [6.07, 6.45) is 2.86. The molecule has 0 atom stereocenters. The molecule has 0 radical (unpaired) electrons. The van der Waals surface area contributed by atoms with Gasteiger partial charge >= 0.3 is 0 Å². The molecule has 2 heterocycles. The minimum atomic E-state index is 0.110. The van der Waals surface area contributed by atoms with Crippen molar-refractivity contribution in [2.24, 2.45) is 0 Å². The third-order valence-corrected chi connectivity index (χ3v) is 4.86. The molecule has 1 N–H and O–H groups in total. The van der Waals surface area contributed by atoms with Crippen LogP contribution in [0.15, 0.2) is 66.9 Å². The lowest BCUT2D eigenvalue weighted by Crippen LogP contribution is -2.19. The molecule has 0 aliphatic carbocycles. The van der Waals surface area contributed by atoms with Gasteiger partial charge in [0.25, 0.3) is 0 Å². The molecule has 3 nitrogen and oxygen atoms in total. The van der Waals surface area contributed by atoms with Gasteiger partial charge in [0, 0.05) is 18.2 Å². The Kier molecular flexibility index (Phi) is 4.37. The van der Waals surface area contributed by atoms with Crippen molar-refractivity contribution in [3.05, 3.63) is 89.2 Å². The number of benzene rings is 2. The molecule has 4 rings (SSSR count). The Hall–Kier alpha value is -2.81. The average Bonchev–Trinajstić information content (AvgIpc) is 2.96. The molecule has 1 aromatic heterocycles. The van der Waals surface area contributed by atoms with Gasteiger partial charge in [-0.2, -0.15) is 0 Å². The van der Waals surface area contributed by atoms with Crippen LogP contribution in [-0.2, 0) is 18.4 Å². The van der Waals surface area contributed by atoms with E-state index < -0.39 is 0 Å². The summed E-state index contributed by atoms with van der Waals surface area (Å²) >= 11 is 0. The third kappa shape index (κ3) is 3.57. The average molecular weight is 344 g/mol. The van der Waals surface area contributed by atoms with Crippen LogP contribution in [0.4, 0.5) is 5.69 Å². The fraction of sp³-hybridized carbons (Fsp3) is 0.261. The molecule has 1 aliphatic rings. The second-order valence-corrected chi connectivity index (χ2v) is 7.58. The highest BCUT2D eigenvalue weighted by Gasteiger charge is 2.31. The molecular formula is C23H24N2O. The van der Waals surface area contributed by atoms with E-state index in [1.807, 2.05) is 30.5 Å². The van der Waals surface area contributed by atoms with Gasteiger partial charge in [0.1, 0.15) is 12.4 Å². The first-order valence-corrected chi connectivity index (χ1v) is 9.09. The van der Waals surface area contributed by atoms with Crippen molar-refractivity contribution in [3.8, 4) is 5.75 Å². The molecule has 0 unspecified atom stereocenters. The van der Waals surface area contributed by atoms with Gasteiger partial charge in [-0.1, -0.05) is 56.3 Å². The van der Waals surface area contributed by atoms with Gasteiger partial charge in [0.2, 0.25) is 0 Å². The number of rotatable bonds is 5. The zero-order valence-corrected chi connectivity index (χ0v) is 15.3. The molecule has 3 heteroatoms. The van der Waals surface area contributed by atoms with Crippen LogP contribution in [0.2, 0.25) is 0 Å². The Morgan fingerprint density at radius 1 is 0.962 bits per heavy atom. The first kappa shape index (κ1) is 16.6. The third-order valence-electron chi connectivity index (χ3n) is 4.86. The minimum absolute atomic E-state index is 0.110.